The minimum Gasteiger partial charge on any atom is -0.484 e. The maximum absolute atomic E-state index is 11.7. The lowest BCUT2D eigenvalue weighted by Gasteiger charge is -2.08. The molecule has 0 fully saturated rings. The van der Waals surface area contributed by atoms with Crippen LogP contribution in [0, 0.1) is 0 Å². The van der Waals surface area contributed by atoms with Crippen LogP contribution in [0.5, 0.6) is 5.75 Å². The molecule has 5 heteroatoms. The zero-order valence-electron chi connectivity index (χ0n) is 11.4. The van der Waals surface area contributed by atoms with Crippen LogP contribution in [0.25, 0.3) is 0 Å². The number of anilines is 1. The Bertz CT molecular complexity index is 636. The average Bonchev–Trinajstić information content (AvgIpc) is 2.48. The van der Waals surface area contributed by atoms with E-state index in [4.69, 9.17) is 4.74 Å². The lowest BCUT2D eigenvalue weighted by molar-refractivity contribution is -0.118. The topological polar surface area (TPSA) is 55.4 Å². The van der Waals surface area contributed by atoms with Crippen molar-refractivity contribution >= 4 is 33.3 Å². The van der Waals surface area contributed by atoms with Crippen LogP contribution in [0.4, 0.5) is 5.69 Å². The highest BCUT2D eigenvalue weighted by atomic mass is 79.9. The Morgan fingerprint density at radius 2 is 1.67 bits per heavy atom. The molecule has 2 rings (SSSR count). The molecule has 0 aliphatic rings. The van der Waals surface area contributed by atoms with Crippen LogP contribution in [-0.4, -0.2) is 18.3 Å². The van der Waals surface area contributed by atoms with Gasteiger partial charge in [0.25, 0.3) is 5.91 Å². The molecule has 0 spiro atoms. The molecule has 0 unspecified atom stereocenters. The number of Topliss-reactive ketones (excluding diaryl/α,β-unsaturated/α-hetero) is 1. The van der Waals surface area contributed by atoms with Gasteiger partial charge < -0.3 is 10.1 Å². The van der Waals surface area contributed by atoms with Crippen molar-refractivity contribution in [1.29, 1.82) is 0 Å². The Kier molecular flexibility index (Phi) is 5.11. The highest BCUT2D eigenvalue weighted by molar-refractivity contribution is 9.10. The van der Waals surface area contributed by atoms with Gasteiger partial charge in [-0.25, -0.2) is 0 Å². The number of hydrogen-bond donors (Lipinski definition) is 1. The molecule has 1 N–H and O–H groups in total. The highest BCUT2D eigenvalue weighted by Crippen LogP contribution is 2.15. The van der Waals surface area contributed by atoms with Crippen molar-refractivity contribution < 1.29 is 14.3 Å². The maximum atomic E-state index is 11.7. The van der Waals surface area contributed by atoms with Crippen LogP contribution in [0.15, 0.2) is 53.0 Å². The van der Waals surface area contributed by atoms with Gasteiger partial charge in [0, 0.05) is 15.7 Å². The van der Waals surface area contributed by atoms with Crippen molar-refractivity contribution in [3.63, 3.8) is 0 Å². The SMILES string of the molecule is CC(=O)c1ccc(OCC(=O)Nc2ccc(Br)cc2)cc1. The predicted octanol–water partition coefficient (Wildman–Crippen LogP) is 3.67. The third-order valence-corrected chi connectivity index (χ3v) is 3.29. The second-order valence-corrected chi connectivity index (χ2v) is 5.34. The van der Waals surface area contributed by atoms with E-state index in [1.54, 1.807) is 36.4 Å². The van der Waals surface area contributed by atoms with Gasteiger partial charge in [0.05, 0.1) is 0 Å². The number of ketones is 1. The molecule has 1 amide bonds. The lowest BCUT2D eigenvalue weighted by atomic mass is 10.1. The fraction of sp³-hybridized carbons (Fsp3) is 0.125. The van der Waals surface area contributed by atoms with E-state index in [2.05, 4.69) is 21.2 Å². The van der Waals surface area contributed by atoms with Gasteiger partial charge in [-0.2, -0.15) is 0 Å². The van der Waals surface area contributed by atoms with Crippen LogP contribution in [-0.2, 0) is 4.79 Å². The van der Waals surface area contributed by atoms with E-state index >= 15 is 0 Å². The van der Waals surface area contributed by atoms with Gasteiger partial charge in [0.2, 0.25) is 0 Å². The first-order valence-electron chi connectivity index (χ1n) is 6.34. The molecule has 2 aromatic carbocycles. The van der Waals surface area contributed by atoms with E-state index in [1.165, 1.54) is 6.92 Å². The first-order chi connectivity index (χ1) is 10.0. The summed E-state index contributed by atoms with van der Waals surface area (Å²) in [5.74, 6) is 0.299. The minimum absolute atomic E-state index is 0.00506. The second kappa shape index (κ2) is 7.04. The fourth-order valence-corrected chi connectivity index (χ4v) is 1.93. The molecule has 0 radical (unpaired) electrons. The van der Waals surface area contributed by atoms with Crippen molar-refractivity contribution in [3.8, 4) is 5.75 Å². The number of benzene rings is 2. The summed E-state index contributed by atoms with van der Waals surface area (Å²) in [4.78, 5) is 22.9. The summed E-state index contributed by atoms with van der Waals surface area (Å²) in [7, 11) is 0. The first kappa shape index (κ1) is 15.3. The van der Waals surface area contributed by atoms with Crippen LogP contribution in [0.2, 0.25) is 0 Å². The minimum atomic E-state index is -0.243. The molecule has 21 heavy (non-hydrogen) atoms. The Morgan fingerprint density at radius 1 is 1.05 bits per heavy atom. The van der Waals surface area contributed by atoms with Gasteiger partial charge in [0.15, 0.2) is 12.4 Å². The summed E-state index contributed by atoms with van der Waals surface area (Å²) in [5.41, 5.74) is 1.32. The van der Waals surface area contributed by atoms with Crippen molar-refractivity contribution in [2.24, 2.45) is 0 Å². The molecule has 0 aliphatic carbocycles. The number of amides is 1. The molecule has 0 atom stereocenters. The maximum Gasteiger partial charge on any atom is 0.262 e. The summed E-state index contributed by atoms with van der Waals surface area (Å²) in [6, 6.07) is 14.0. The number of halogens is 1. The zero-order chi connectivity index (χ0) is 15.2. The van der Waals surface area contributed by atoms with E-state index < -0.39 is 0 Å². The molecule has 0 saturated carbocycles. The molecule has 0 aliphatic heterocycles. The Morgan fingerprint density at radius 3 is 2.24 bits per heavy atom. The lowest BCUT2D eigenvalue weighted by Crippen LogP contribution is -2.20. The summed E-state index contributed by atoms with van der Waals surface area (Å²) in [6.45, 7) is 1.41. The van der Waals surface area contributed by atoms with Crippen LogP contribution in [0.1, 0.15) is 17.3 Å². The number of ether oxygens (including phenoxy) is 1. The Balaban J connectivity index is 1.86. The molecule has 108 valence electrons. The molecular weight excluding hydrogens is 334 g/mol. The molecule has 0 heterocycles. The molecule has 0 aromatic heterocycles. The summed E-state index contributed by atoms with van der Waals surface area (Å²) < 4.78 is 6.31. The van der Waals surface area contributed by atoms with Crippen LogP contribution >= 0.6 is 15.9 Å². The molecular formula is C16H14BrNO3. The van der Waals surface area contributed by atoms with Gasteiger partial charge >= 0.3 is 0 Å². The van der Waals surface area contributed by atoms with Crippen molar-refractivity contribution in [2.45, 2.75) is 6.92 Å². The predicted molar refractivity (Wildman–Crippen MR) is 84.7 cm³/mol. The standard InChI is InChI=1S/C16H14BrNO3/c1-11(19)12-2-8-15(9-3-12)21-10-16(20)18-14-6-4-13(17)5-7-14/h2-9H,10H2,1H3,(H,18,20). The summed E-state index contributed by atoms with van der Waals surface area (Å²) >= 11 is 3.33. The zero-order valence-corrected chi connectivity index (χ0v) is 13.0. The van der Waals surface area contributed by atoms with E-state index in [-0.39, 0.29) is 18.3 Å². The Hall–Kier alpha value is -2.14. The van der Waals surface area contributed by atoms with Crippen molar-refractivity contribution in [2.75, 3.05) is 11.9 Å². The van der Waals surface area contributed by atoms with E-state index in [9.17, 15) is 9.59 Å². The first-order valence-corrected chi connectivity index (χ1v) is 7.13. The fourth-order valence-electron chi connectivity index (χ4n) is 1.67. The third-order valence-electron chi connectivity index (χ3n) is 2.76. The third kappa shape index (κ3) is 4.72. The molecule has 0 bridgehead atoms. The van der Waals surface area contributed by atoms with Crippen LogP contribution in [0.3, 0.4) is 0 Å². The van der Waals surface area contributed by atoms with E-state index in [0.29, 0.717) is 17.0 Å². The van der Waals surface area contributed by atoms with Gasteiger partial charge in [-0.3, -0.25) is 9.59 Å². The quantitative estimate of drug-likeness (QED) is 0.839. The van der Waals surface area contributed by atoms with Crippen LogP contribution < -0.4 is 10.1 Å². The smallest absolute Gasteiger partial charge is 0.262 e. The largest absolute Gasteiger partial charge is 0.484 e. The second-order valence-electron chi connectivity index (χ2n) is 4.42. The number of rotatable bonds is 5. The van der Waals surface area contributed by atoms with E-state index in [0.717, 1.165) is 4.47 Å². The highest BCUT2D eigenvalue weighted by Gasteiger charge is 2.04. The Labute approximate surface area is 131 Å². The summed E-state index contributed by atoms with van der Waals surface area (Å²) in [5, 5.41) is 2.73. The monoisotopic (exact) mass is 347 g/mol. The van der Waals surface area contributed by atoms with Gasteiger partial charge in [-0.15, -0.1) is 0 Å². The molecule has 2 aromatic rings. The summed E-state index contributed by atoms with van der Waals surface area (Å²) in [6.07, 6.45) is 0. The van der Waals surface area contributed by atoms with Crippen molar-refractivity contribution in [3.05, 3.63) is 58.6 Å². The molecule has 4 nitrogen and oxygen atoms in total. The number of hydrogen-bond acceptors (Lipinski definition) is 3. The number of nitrogens with one attached hydrogen (secondary N) is 1. The van der Waals surface area contributed by atoms with E-state index in [1.807, 2.05) is 12.1 Å². The van der Waals surface area contributed by atoms with Gasteiger partial charge in [-0.1, -0.05) is 15.9 Å². The average molecular weight is 348 g/mol. The van der Waals surface area contributed by atoms with Gasteiger partial charge in [-0.05, 0) is 55.5 Å². The number of carbonyl (C=O) groups excluding carboxylic acids is 2. The molecule has 0 saturated heterocycles. The normalized spacial score (nSPS) is 10.0. The number of carbonyl (C=O) groups is 2. The van der Waals surface area contributed by atoms with Gasteiger partial charge in [0.1, 0.15) is 5.75 Å². The van der Waals surface area contributed by atoms with Crippen molar-refractivity contribution in [1.82, 2.24) is 0 Å².